The maximum Gasteiger partial charge on any atom is 0.165 e. The summed E-state index contributed by atoms with van der Waals surface area (Å²) < 4.78 is 23.6. The van der Waals surface area contributed by atoms with Crippen LogP contribution in [-0.4, -0.2) is 14.2 Å². The Morgan fingerprint density at radius 3 is 2.60 bits per heavy atom. The minimum Gasteiger partial charge on any atom is -0.497 e. The zero-order valence-electron chi connectivity index (χ0n) is 11.4. The van der Waals surface area contributed by atoms with Crippen LogP contribution in [-0.2, 0) is 6.42 Å². The molecule has 0 aliphatic heterocycles. The average molecular weight is 339 g/mol. The van der Waals surface area contributed by atoms with Gasteiger partial charge in [0.1, 0.15) is 5.75 Å². The van der Waals surface area contributed by atoms with Crippen molar-refractivity contribution in [3.8, 4) is 11.5 Å². The summed E-state index contributed by atoms with van der Waals surface area (Å²) in [5, 5.41) is 0. The second kappa shape index (κ2) is 6.75. The van der Waals surface area contributed by atoms with Crippen molar-refractivity contribution in [1.29, 1.82) is 0 Å². The SMILES string of the molecule is COc1cccc(CC(Br)c2ccc(F)c(OC)c2)c1. The summed E-state index contributed by atoms with van der Waals surface area (Å²) in [7, 11) is 3.11. The first-order valence-electron chi connectivity index (χ1n) is 6.24. The summed E-state index contributed by atoms with van der Waals surface area (Å²) in [6, 6.07) is 12.8. The van der Waals surface area contributed by atoms with Crippen LogP contribution in [0.3, 0.4) is 0 Å². The van der Waals surface area contributed by atoms with Gasteiger partial charge in [-0.05, 0) is 41.8 Å². The number of ether oxygens (including phenoxy) is 2. The number of benzene rings is 2. The molecule has 0 radical (unpaired) electrons. The van der Waals surface area contributed by atoms with Gasteiger partial charge in [-0.3, -0.25) is 0 Å². The highest BCUT2D eigenvalue weighted by molar-refractivity contribution is 9.09. The van der Waals surface area contributed by atoms with Crippen LogP contribution in [0.1, 0.15) is 16.0 Å². The van der Waals surface area contributed by atoms with E-state index in [9.17, 15) is 4.39 Å². The second-order valence-corrected chi connectivity index (χ2v) is 5.52. The molecule has 0 saturated heterocycles. The van der Waals surface area contributed by atoms with E-state index in [-0.39, 0.29) is 16.4 Å². The van der Waals surface area contributed by atoms with Crippen LogP contribution in [0.2, 0.25) is 0 Å². The Labute approximate surface area is 126 Å². The Bertz CT molecular complexity index is 586. The summed E-state index contributed by atoms with van der Waals surface area (Å²) in [5.41, 5.74) is 2.13. The van der Waals surface area contributed by atoms with Gasteiger partial charge in [-0.25, -0.2) is 4.39 Å². The minimum atomic E-state index is -0.350. The zero-order valence-corrected chi connectivity index (χ0v) is 13.0. The van der Waals surface area contributed by atoms with Crippen LogP contribution < -0.4 is 9.47 Å². The smallest absolute Gasteiger partial charge is 0.165 e. The summed E-state index contributed by atoms with van der Waals surface area (Å²) in [4.78, 5) is 0.0871. The monoisotopic (exact) mass is 338 g/mol. The third-order valence-electron chi connectivity index (χ3n) is 3.09. The molecule has 0 N–H and O–H groups in total. The molecule has 0 spiro atoms. The first-order valence-corrected chi connectivity index (χ1v) is 7.16. The topological polar surface area (TPSA) is 18.5 Å². The molecule has 0 heterocycles. The van der Waals surface area contributed by atoms with Crippen LogP contribution in [0.15, 0.2) is 42.5 Å². The van der Waals surface area contributed by atoms with Crippen molar-refractivity contribution >= 4 is 15.9 Å². The van der Waals surface area contributed by atoms with E-state index in [0.717, 1.165) is 23.3 Å². The van der Waals surface area contributed by atoms with Gasteiger partial charge in [0.15, 0.2) is 11.6 Å². The fourth-order valence-electron chi connectivity index (χ4n) is 2.00. The van der Waals surface area contributed by atoms with Gasteiger partial charge in [0.05, 0.1) is 14.2 Å². The molecule has 0 aromatic heterocycles. The van der Waals surface area contributed by atoms with E-state index in [1.807, 2.05) is 24.3 Å². The third kappa shape index (κ3) is 3.51. The first-order chi connectivity index (χ1) is 9.63. The van der Waals surface area contributed by atoms with Gasteiger partial charge in [0, 0.05) is 4.83 Å². The van der Waals surface area contributed by atoms with Crippen molar-refractivity contribution < 1.29 is 13.9 Å². The molecule has 2 rings (SSSR count). The Morgan fingerprint density at radius 2 is 1.90 bits per heavy atom. The van der Waals surface area contributed by atoms with Crippen molar-refractivity contribution in [2.75, 3.05) is 14.2 Å². The maximum absolute atomic E-state index is 13.4. The molecule has 0 aliphatic rings. The van der Waals surface area contributed by atoms with Crippen LogP contribution >= 0.6 is 15.9 Å². The molecule has 4 heteroatoms. The highest BCUT2D eigenvalue weighted by Gasteiger charge is 2.12. The van der Waals surface area contributed by atoms with E-state index >= 15 is 0 Å². The molecule has 2 aromatic rings. The third-order valence-corrected chi connectivity index (χ3v) is 3.94. The van der Waals surface area contributed by atoms with Crippen molar-refractivity contribution in [3.05, 3.63) is 59.4 Å². The highest BCUT2D eigenvalue weighted by Crippen LogP contribution is 2.31. The van der Waals surface area contributed by atoms with Gasteiger partial charge >= 0.3 is 0 Å². The molecule has 0 fully saturated rings. The average Bonchev–Trinajstić information content (AvgIpc) is 2.47. The Morgan fingerprint density at radius 1 is 1.10 bits per heavy atom. The molecule has 0 aliphatic carbocycles. The number of hydrogen-bond acceptors (Lipinski definition) is 2. The predicted molar refractivity (Wildman–Crippen MR) is 81.3 cm³/mol. The molecular formula is C16H16BrFO2. The van der Waals surface area contributed by atoms with E-state index in [1.165, 1.54) is 13.2 Å². The second-order valence-electron chi connectivity index (χ2n) is 4.42. The van der Waals surface area contributed by atoms with Gasteiger partial charge in [0.2, 0.25) is 0 Å². The van der Waals surface area contributed by atoms with Gasteiger partial charge in [-0.2, -0.15) is 0 Å². The summed E-state index contributed by atoms with van der Waals surface area (Å²) in [6.45, 7) is 0. The highest BCUT2D eigenvalue weighted by atomic mass is 79.9. The quantitative estimate of drug-likeness (QED) is 0.746. The van der Waals surface area contributed by atoms with E-state index in [2.05, 4.69) is 15.9 Å². The summed E-state index contributed by atoms with van der Waals surface area (Å²) >= 11 is 3.64. The lowest BCUT2D eigenvalue weighted by Crippen LogP contribution is -1.98. The molecule has 1 unspecified atom stereocenters. The normalized spacial score (nSPS) is 12.0. The molecule has 20 heavy (non-hydrogen) atoms. The molecule has 1 atom stereocenters. The number of hydrogen-bond donors (Lipinski definition) is 0. The zero-order chi connectivity index (χ0) is 14.5. The fourth-order valence-corrected chi connectivity index (χ4v) is 2.65. The lowest BCUT2D eigenvalue weighted by molar-refractivity contribution is 0.386. The number of halogens is 2. The first kappa shape index (κ1) is 14.9. The summed E-state index contributed by atoms with van der Waals surface area (Å²) in [6.07, 6.45) is 0.784. The molecule has 0 saturated carbocycles. The molecule has 0 bridgehead atoms. The van der Waals surface area contributed by atoms with E-state index in [0.29, 0.717) is 0 Å². The number of methoxy groups -OCH3 is 2. The fraction of sp³-hybridized carbons (Fsp3) is 0.250. The minimum absolute atomic E-state index is 0.0871. The van der Waals surface area contributed by atoms with Crippen LogP contribution in [0.4, 0.5) is 4.39 Å². The van der Waals surface area contributed by atoms with Gasteiger partial charge in [0.25, 0.3) is 0 Å². The molecular weight excluding hydrogens is 323 g/mol. The standard InChI is InChI=1S/C16H16BrFO2/c1-19-13-5-3-4-11(8-13)9-14(17)12-6-7-15(18)16(10-12)20-2/h3-8,10,14H,9H2,1-2H3. The van der Waals surface area contributed by atoms with E-state index in [1.54, 1.807) is 19.2 Å². The molecule has 2 nitrogen and oxygen atoms in total. The molecule has 0 amide bonds. The van der Waals surface area contributed by atoms with Crippen molar-refractivity contribution in [2.24, 2.45) is 0 Å². The van der Waals surface area contributed by atoms with Gasteiger partial charge in [-0.15, -0.1) is 0 Å². The van der Waals surface area contributed by atoms with Gasteiger partial charge < -0.3 is 9.47 Å². The largest absolute Gasteiger partial charge is 0.497 e. The predicted octanol–water partition coefficient (Wildman–Crippen LogP) is 4.52. The number of alkyl halides is 1. The van der Waals surface area contributed by atoms with Crippen molar-refractivity contribution in [1.82, 2.24) is 0 Å². The molecule has 106 valence electrons. The van der Waals surface area contributed by atoms with E-state index < -0.39 is 0 Å². The Kier molecular flexibility index (Phi) is 5.01. The van der Waals surface area contributed by atoms with Gasteiger partial charge in [-0.1, -0.05) is 34.1 Å². The molecule has 2 aromatic carbocycles. The lowest BCUT2D eigenvalue weighted by Gasteiger charge is -2.13. The number of rotatable bonds is 5. The Balaban J connectivity index is 2.16. The maximum atomic E-state index is 13.4. The van der Waals surface area contributed by atoms with Crippen LogP contribution in [0, 0.1) is 5.82 Å². The van der Waals surface area contributed by atoms with E-state index in [4.69, 9.17) is 9.47 Å². The van der Waals surface area contributed by atoms with Crippen LogP contribution in [0.25, 0.3) is 0 Å². The lowest BCUT2D eigenvalue weighted by atomic mass is 10.0. The van der Waals surface area contributed by atoms with Crippen molar-refractivity contribution in [2.45, 2.75) is 11.2 Å². The van der Waals surface area contributed by atoms with Crippen LogP contribution in [0.5, 0.6) is 11.5 Å². The van der Waals surface area contributed by atoms with Crippen molar-refractivity contribution in [3.63, 3.8) is 0 Å². The summed E-state index contributed by atoms with van der Waals surface area (Å²) in [5.74, 6) is 0.744. The Hall–Kier alpha value is -1.55.